The van der Waals surface area contributed by atoms with E-state index in [9.17, 15) is 17.6 Å². The van der Waals surface area contributed by atoms with Crippen LogP contribution in [0.4, 0.5) is 17.6 Å². The molecule has 0 saturated heterocycles. The fourth-order valence-corrected chi connectivity index (χ4v) is 4.67. The van der Waals surface area contributed by atoms with Gasteiger partial charge >= 0.3 is 6.11 Å². The van der Waals surface area contributed by atoms with Gasteiger partial charge in [-0.3, -0.25) is 0 Å². The van der Waals surface area contributed by atoms with Gasteiger partial charge in [0.2, 0.25) is 0 Å². The molecular formula is C27H31F4NO. The lowest BCUT2D eigenvalue weighted by molar-refractivity contribution is -0.249. The van der Waals surface area contributed by atoms with Gasteiger partial charge in [-0.05, 0) is 79.3 Å². The second kappa shape index (κ2) is 11.7. The highest BCUT2D eigenvalue weighted by Crippen LogP contribution is 2.39. The normalized spacial score (nSPS) is 18.8. The predicted molar refractivity (Wildman–Crippen MR) is 120 cm³/mol. The Labute approximate surface area is 193 Å². The zero-order valence-corrected chi connectivity index (χ0v) is 19.1. The van der Waals surface area contributed by atoms with Crippen LogP contribution in [-0.2, 0) is 17.3 Å². The zero-order valence-electron chi connectivity index (χ0n) is 19.1. The first-order valence-corrected chi connectivity index (χ1v) is 11.8. The molecule has 1 saturated carbocycles. The van der Waals surface area contributed by atoms with Crippen molar-refractivity contribution < 1.29 is 22.3 Å². The van der Waals surface area contributed by atoms with E-state index in [0.717, 1.165) is 49.3 Å². The smallest absolute Gasteiger partial charge is 0.316 e. The van der Waals surface area contributed by atoms with Crippen LogP contribution in [0.3, 0.4) is 0 Å². The van der Waals surface area contributed by atoms with E-state index in [1.54, 1.807) is 12.1 Å². The lowest BCUT2D eigenvalue weighted by Crippen LogP contribution is -2.22. The van der Waals surface area contributed by atoms with Crippen molar-refractivity contribution in [2.45, 2.75) is 76.7 Å². The van der Waals surface area contributed by atoms with Crippen molar-refractivity contribution >= 4 is 0 Å². The van der Waals surface area contributed by atoms with Crippen LogP contribution in [0.1, 0.15) is 86.5 Å². The molecule has 0 amide bonds. The largest absolute Gasteiger partial charge is 0.386 e. The van der Waals surface area contributed by atoms with Crippen LogP contribution in [0.25, 0.3) is 0 Å². The van der Waals surface area contributed by atoms with Gasteiger partial charge in [0.05, 0.1) is 17.7 Å². The number of nitriles is 1. The molecular weight excluding hydrogens is 430 g/mol. The van der Waals surface area contributed by atoms with Gasteiger partial charge in [-0.25, -0.2) is 8.78 Å². The molecule has 2 aromatic carbocycles. The molecule has 0 unspecified atom stereocenters. The van der Waals surface area contributed by atoms with Crippen molar-refractivity contribution in [3.8, 4) is 6.07 Å². The van der Waals surface area contributed by atoms with E-state index < -0.39 is 29.9 Å². The van der Waals surface area contributed by atoms with Crippen LogP contribution < -0.4 is 0 Å². The molecule has 3 rings (SSSR count). The standard InChI is InChI=1S/C27H31F4NO/c1-2-3-4-5-19-6-9-21(10-7-19)22-12-13-24(26(29)17-22)27(30,31)33-15-14-20-8-11-23(18-32)25(28)16-20/h8,11-13,16-17,19,21H,2-7,9-10,14-15H2,1H3. The number of halogens is 4. The van der Waals surface area contributed by atoms with Crippen molar-refractivity contribution in [1.29, 1.82) is 5.26 Å². The summed E-state index contributed by atoms with van der Waals surface area (Å²) in [6.45, 7) is 1.78. The van der Waals surface area contributed by atoms with E-state index >= 15 is 0 Å². The summed E-state index contributed by atoms with van der Waals surface area (Å²) < 4.78 is 62.0. The number of alkyl halides is 2. The first kappa shape index (κ1) is 25.2. The number of hydrogen-bond acceptors (Lipinski definition) is 2. The molecule has 1 aliphatic carbocycles. The molecule has 0 bridgehead atoms. The Kier molecular flexibility index (Phi) is 8.91. The van der Waals surface area contributed by atoms with E-state index in [4.69, 9.17) is 5.26 Å². The van der Waals surface area contributed by atoms with Crippen molar-refractivity contribution in [1.82, 2.24) is 0 Å². The summed E-state index contributed by atoms with van der Waals surface area (Å²) in [6, 6.07) is 9.54. The molecule has 1 aliphatic rings. The molecule has 33 heavy (non-hydrogen) atoms. The Morgan fingerprint density at radius 2 is 1.76 bits per heavy atom. The fraction of sp³-hybridized carbons (Fsp3) is 0.519. The van der Waals surface area contributed by atoms with Crippen molar-refractivity contribution in [2.75, 3.05) is 6.61 Å². The molecule has 0 atom stereocenters. The molecule has 0 radical (unpaired) electrons. The Bertz CT molecular complexity index is 961. The van der Waals surface area contributed by atoms with E-state index in [1.807, 2.05) is 0 Å². The van der Waals surface area contributed by atoms with Crippen LogP contribution >= 0.6 is 0 Å². The quantitative estimate of drug-likeness (QED) is 0.265. The SMILES string of the molecule is CCCCCC1CCC(c2ccc(C(F)(F)OCCc3ccc(C#N)c(F)c3)c(F)c2)CC1. The monoisotopic (exact) mass is 461 g/mol. The first-order valence-electron chi connectivity index (χ1n) is 11.8. The third kappa shape index (κ3) is 6.80. The van der Waals surface area contributed by atoms with Gasteiger partial charge in [-0.15, -0.1) is 0 Å². The minimum atomic E-state index is -3.79. The van der Waals surface area contributed by atoms with Gasteiger partial charge < -0.3 is 4.74 Å². The average Bonchev–Trinajstić information content (AvgIpc) is 2.79. The third-order valence-electron chi connectivity index (χ3n) is 6.67. The summed E-state index contributed by atoms with van der Waals surface area (Å²) in [6.07, 6.45) is 5.32. The number of nitrogens with zero attached hydrogens (tertiary/aromatic N) is 1. The molecule has 0 aliphatic heterocycles. The minimum absolute atomic E-state index is 0.0133. The maximum atomic E-state index is 14.6. The predicted octanol–water partition coefficient (Wildman–Crippen LogP) is 8.00. The second-order valence-corrected chi connectivity index (χ2v) is 8.99. The van der Waals surface area contributed by atoms with E-state index in [2.05, 4.69) is 11.7 Å². The summed E-state index contributed by atoms with van der Waals surface area (Å²) in [5, 5.41) is 8.75. The maximum absolute atomic E-state index is 14.6. The molecule has 178 valence electrons. The van der Waals surface area contributed by atoms with Crippen molar-refractivity contribution in [2.24, 2.45) is 5.92 Å². The highest BCUT2D eigenvalue weighted by molar-refractivity contribution is 5.33. The molecule has 0 spiro atoms. The molecule has 6 heteroatoms. The van der Waals surface area contributed by atoms with Crippen LogP contribution in [0.2, 0.25) is 0 Å². The minimum Gasteiger partial charge on any atom is -0.316 e. The first-order chi connectivity index (χ1) is 15.8. The van der Waals surface area contributed by atoms with Crippen molar-refractivity contribution in [3.05, 3.63) is 70.3 Å². The molecule has 1 fully saturated rings. The van der Waals surface area contributed by atoms with E-state index in [0.29, 0.717) is 5.56 Å². The van der Waals surface area contributed by atoms with Crippen molar-refractivity contribution in [3.63, 3.8) is 0 Å². The van der Waals surface area contributed by atoms with Crippen LogP contribution in [0.5, 0.6) is 0 Å². The number of ether oxygens (including phenoxy) is 1. The average molecular weight is 462 g/mol. The molecule has 0 N–H and O–H groups in total. The summed E-state index contributed by atoms with van der Waals surface area (Å²) in [5.41, 5.74) is 0.290. The topological polar surface area (TPSA) is 33.0 Å². The van der Waals surface area contributed by atoms with Crippen LogP contribution in [-0.4, -0.2) is 6.61 Å². The molecule has 2 aromatic rings. The van der Waals surface area contributed by atoms with Crippen LogP contribution in [0.15, 0.2) is 36.4 Å². The summed E-state index contributed by atoms with van der Waals surface area (Å²) in [7, 11) is 0. The van der Waals surface area contributed by atoms with Gasteiger partial charge in [-0.1, -0.05) is 44.7 Å². The Morgan fingerprint density at radius 1 is 1.00 bits per heavy atom. The highest BCUT2D eigenvalue weighted by Gasteiger charge is 2.36. The number of rotatable bonds is 10. The lowest BCUT2D eigenvalue weighted by Gasteiger charge is -2.29. The maximum Gasteiger partial charge on any atom is 0.386 e. The lowest BCUT2D eigenvalue weighted by atomic mass is 9.77. The Morgan fingerprint density at radius 3 is 2.39 bits per heavy atom. The van der Waals surface area contributed by atoms with Crippen LogP contribution in [0, 0.1) is 28.9 Å². The molecule has 0 heterocycles. The van der Waals surface area contributed by atoms with Gasteiger partial charge in [0.15, 0.2) is 0 Å². The summed E-state index contributed by atoms with van der Waals surface area (Å²) in [5.74, 6) is -0.749. The number of benzene rings is 2. The van der Waals surface area contributed by atoms with Gasteiger partial charge in [0.25, 0.3) is 0 Å². The van der Waals surface area contributed by atoms with E-state index in [-0.39, 0.29) is 17.9 Å². The Hall–Kier alpha value is -2.39. The van der Waals surface area contributed by atoms with E-state index in [1.165, 1.54) is 43.9 Å². The van der Waals surface area contributed by atoms with Gasteiger partial charge in [0.1, 0.15) is 17.7 Å². The fourth-order valence-electron chi connectivity index (χ4n) is 4.67. The highest BCUT2D eigenvalue weighted by atomic mass is 19.3. The second-order valence-electron chi connectivity index (χ2n) is 8.99. The third-order valence-corrected chi connectivity index (χ3v) is 6.67. The summed E-state index contributed by atoms with van der Waals surface area (Å²) >= 11 is 0. The van der Waals surface area contributed by atoms with Gasteiger partial charge in [-0.2, -0.15) is 14.0 Å². The molecule has 2 nitrogen and oxygen atoms in total. The number of unbranched alkanes of at least 4 members (excludes halogenated alkanes) is 2. The van der Waals surface area contributed by atoms with Gasteiger partial charge in [0, 0.05) is 0 Å². The summed E-state index contributed by atoms with van der Waals surface area (Å²) in [4.78, 5) is 0. The number of hydrogen-bond donors (Lipinski definition) is 0. The Balaban J connectivity index is 1.55. The zero-order chi connectivity index (χ0) is 23.8. The molecule has 0 aromatic heterocycles.